The Bertz CT molecular complexity index is 1680. The third-order valence-corrected chi connectivity index (χ3v) is 9.24. The molecule has 0 fully saturated rings. The number of rotatable bonds is 26. The molecule has 6 amide bonds. The molecule has 0 spiro atoms. The van der Waals surface area contributed by atoms with E-state index in [1.54, 1.807) is 58.9 Å². The maximum atomic E-state index is 14.2. The SMILES string of the molecule is CCCC(NC(=O)[C@H](CC(C)C)NC(=O)[C@@H](NC(=O)[C@H](Cc1ccccc1C)NC(=O)[C@H](CCC(=O)O)NC(=O)[C@H](CC(=O)O)NC(=O)CCC(=O)O)C(C)(C)C)B(O)O. The molecule has 0 aliphatic rings. The first kappa shape index (κ1) is 52.5. The molecule has 0 aromatic heterocycles. The van der Waals surface area contributed by atoms with Gasteiger partial charge >= 0.3 is 25.0 Å². The second kappa shape index (κ2) is 25.1. The Morgan fingerprint density at radius 1 is 0.633 bits per heavy atom. The van der Waals surface area contributed by atoms with Crippen molar-refractivity contribution in [1.29, 1.82) is 0 Å². The van der Waals surface area contributed by atoms with Crippen molar-refractivity contribution in [3.8, 4) is 0 Å². The van der Waals surface area contributed by atoms with Gasteiger partial charge in [0.1, 0.15) is 30.2 Å². The Kier molecular flexibility index (Phi) is 22.0. The number of carboxylic acids is 3. The second-order valence-corrected chi connectivity index (χ2v) is 16.1. The Balaban J connectivity index is 3.56. The molecule has 0 heterocycles. The monoisotopic (exact) mass is 848 g/mol. The van der Waals surface area contributed by atoms with Gasteiger partial charge in [-0.3, -0.25) is 43.2 Å². The predicted molar refractivity (Wildman–Crippen MR) is 216 cm³/mol. The van der Waals surface area contributed by atoms with E-state index in [4.69, 9.17) is 5.11 Å². The van der Waals surface area contributed by atoms with E-state index in [0.717, 1.165) is 5.56 Å². The highest BCUT2D eigenvalue weighted by Gasteiger charge is 2.39. The summed E-state index contributed by atoms with van der Waals surface area (Å²) < 4.78 is 0. The highest BCUT2D eigenvalue weighted by atomic mass is 16.4. The summed E-state index contributed by atoms with van der Waals surface area (Å²) in [6, 6.07) is -0.571. The number of carbonyl (C=O) groups excluding carboxylic acids is 6. The number of carboxylic acid groups (broad SMARTS) is 3. The largest absolute Gasteiger partial charge is 0.481 e. The van der Waals surface area contributed by atoms with Gasteiger partial charge in [-0.25, -0.2) is 0 Å². The summed E-state index contributed by atoms with van der Waals surface area (Å²) in [4.78, 5) is 115. The smallest absolute Gasteiger partial charge is 0.475 e. The summed E-state index contributed by atoms with van der Waals surface area (Å²) in [6.45, 7) is 12.1. The molecular formula is C39H61BN6O14. The Hall–Kier alpha value is -5.57. The first-order valence-corrected chi connectivity index (χ1v) is 19.7. The number of carbonyl (C=O) groups is 9. The lowest BCUT2D eigenvalue weighted by Crippen LogP contribution is -2.62. The summed E-state index contributed by atoms with van der Waals surface area (Å²) in [6.07, 6.45) is -2.65. The van der Waals surface area contributed by atoms with E-state index in [9.17, 15) is 63.4 Å². The normalized spacial score (nSPS) is 14.2. The van der Waals surface area contributed by atoms with Crippen LogP contribution in [0.2, 0.25) is 0 Å². The van der Waals surface area contributed by atoms with Crippen molar-refractivity contribution in [3.05, 3.63) is 35.4 Å². The van der Waals surface area contributed by atoms with Crippen LogP contribution in [0, 0.1) is 18.3 Å². The van der Waals surface area contributed by atoms with Crippen LogP contribution in [0.3, 0.4) is 0 Å². The zero-order valence-electron chi connectivity index (χ0n) is 35.2. The van der Waals surface area contributed by atoms with Gasteiger partial charge in [-0.1, -0.05) is 72.2 Å². The molecule has 1 aromatic carbocycles. The van der Waals surface area contributed by atoms with Crippen LogP contribution in [0.1, 0.15) is 104 Å². The van der Waals surface area contributed by atoms with Crippen LogP contribution in [-0.2, 0) is 49.6 Å². The van der Waals surface area contributed by atoms with Crippen molar-refractivity contribution < 1.29 is 68.5 Å². The fraction of sp³-hybridized carbons (Fsp3) is 0.615. The molecule has 334 valence electrons. The van der Waals surface area contributed by atoms with Gasteiger partial charge in [0, 0.05) is 19.3 Å². The van der Waals surface area contributed by atoms with Gasteiger partial charge in [-0.15, -0.1) is 0 Å². The zero-order valence-corrected chi connectivity index (χ0v) is 35.2. The molecule has 1 aromatic rings. The van der Waals surface area contributed by atoms with Gasteiger partial charge in [0.05, 0.1) is 18.8 Å². The second-order valence-electron chi connectivity index (χ2n) is 16.1. The lowest BCUT2D eigenvalue weighted by atomic mass is 9.76. The number of nitrogens with one attached hydrogen (secondary N) is 6. The number of hydrogen-bond acceptors (Lipinski definition) is 11. The van der Waals surface area contributed by atoms with Gasteiger partial charge in [-0.05, 0) is 48.6 Å². The van der Waals surface area contributed by atoms with E-state index < -0.39 is 134 Å². The molecule has 1 rings (SSSR count). The van der Waals surface area contributed by atoms with E-state index in [1.807, 2.05) is 13.8 Å². The average molecular weight is 849 g/mol. The number of amides is 6. The molecule has 21 heteroatoms. The number of hydrogen-bond donors (Lipinski definition) is 11. The van der Waals surface area contributed by atoms with Crippen molar-refractivity contribution in [2.24, 2.45) is 11.3 Å². The summed E-state index contributed by atoms with van der Waals surface area (Å²) in [5.41, 5.74) is 0.304. The van der Waals surface area contributed by atoms with Gasteiger partial charge in [0.2, 0.25) is 35.4 Å². The fourth-order valence-corrected chi connectivity index (χ4v) is 5.99. The van der Waals surface area contributed by atoms with Crippen molar-refractivity contribution >= 4 is 60.5 Å². The van der Waals surface area contributed by atoms with E-state index in [1.165, 1.54) is 0 Å². The predicted octanol–water partition coefficient (Wildman–Crippen LogP) is -0.445. The van der Waals surface area contributed by atoms with Crippen molar-refractivity contribution in [2.45, 2.75) is 142 Å². The number of benzene rings is 1. The Labute approximate surface area is 349 Å². The summed E-state index contributed by atoms with van der Waals surface area (Å²) in [5, 5.41) is 62.1. The molecule has 1 unspecified atom stereocenters. The summed E-state index contributed by atoms with van der Waals surface area (Å²) in [5.74, 6) is -10.9. The molecule has 0 aliphatic carbocycles. The maximum Gasteiger partial charge on any atom is 0.475 e. The molecule has 0 radical (unpaired) electrons. The van der Waals surface area contributed by atoms with E-state index >= 15 is 0 Å². The van der Waals surface area contributed by atoms with Crippen molar-refractivity contribution in [1.82, 2.24) is 31.9 Å². The molecular weight excluding hydrogens is 787 g/mol. The fourth-order valence-electron chi connectivity index (χ4n) is 5.99. The van der Waals surface area contributed by atoms with E-state index in [2.05, 4.69) is 31.9 Å². The Morgan fingerprint density at radius 2 is 1.17 bits per heavy atom. The number of aryl methyl sites for hydroxylation is 1. The lowest BCUT2D eigenvalue weighted by Gasteiger charge is -2.34. The molecule has 60 heavy (non-hydrogen) atoms. The van der Waals surface area contributed by atoms with Gasteiger partial charge < -0.3 is 57.3 Å². The van der Waals surface area contributed by atoms with Gasteiger partial charge in [0.15, 0.2) is 0 Å². The molecule has 0 saturated heterocycles. The standard InChI is InChI=1S/C39H61BN6O14/c1-8-11-28(40(59)60)45-36(56)25(18-21(2)3)44-38(58)33(39(5,6)7)46-37(57)26(19-23-13-10-9-12-22(23)4)43-34(54)24(14-16-30(48)49)42-35(55)27(20-32(52)53)41-29(47)15-17-31(50)51/h9-10,12-13,21,24-28,33,59-60H,8,11,14-20H2,1-7H3,(H,41,47)(H,42,55)(H,43,54)(H,44,58)(H,45,56)(H,46,57)(H,48,49)(H,50,51)(H,52,53)/t24-,25-,26-,27-,28?,33+/m0/s1. The highest BCUT2D eigenvalue weighted by Crippen LogP contribution is 2.21. The highest BCUT2D eigenvalue weighted by molar-refractivity contribution is 6.43. The van der Waals surface area contributed by atoms with Crippen LogP contribution in [-0.4, -0.2) is 122 Å². The molecule has 0 bridgehead atoms. The van der Waals surface area contributed by atoms with Gasteiger partial charge in [0.25, 0.3) is 0 Å². The first-order valence-electron chi connectivity index (χ1n) is 19.7. The minimum absolute atomic E-state index is 0.108. The molecule has 11 N–H and O–H groups in total. The Morgan fingerprint density at radius 3 is 1.68 bits per heavy atom. The number of aliphatic carboxylic acids is 3. The minimum atomic E-state index is -1.86. The van der Waals surface area contributed by atoms with Crippen LogP contribution in [0.4, 0.5) is 0 Å². The average Bonchev–Trinajstić information content (AvgIpc) is 3.13. The maximum absolute atomic E-state index is 14.2. The third-order valence-electron chi connectivity index (χ3n) is 9.24. The van der Waals surface area contributed by atoms with E-state index in [-0.39, 0.29) is 25.2 Å². The quantitative estimate of drug-likeness (QED) is 0.0527. The molecule has 6 atom stereocenters. The molecule has 20 nitrogen and oxygen atoms in total. The van der Waals surface area contributed by atoms with Crippen molar-refractivity contribution in [2.75, 3.05) is 0 Å². The van der Waals surface area contributed by atoms with Crippen molar-refractivity contribution in [3.63, 3.8) is 0 Å². The van der Waals surface area contributed by atoms with Crippen LogP contribution in [0.5, 0.6) is 0 Å². The van der Waals surface area contributed by atoms with E-state index in [0.29, 0.717) is 12.0 Å². The first-order chi connectivity index (χ1) is 27.9. The van der Waals surface area contributed by atoms with Crippen LogP contribution in [0.15, 0.2) is 24.3 Å². The minimum Gasteiger partial charge on any atom is -0.481 e. The van der Waals surface area contributed by atoms with Gasteiger partial charge in [-0.2, -0.15) is 0 Å². The third kappa shape index (κ3) is 19.5. The zero-order chi connectivity index (χ0) is 45.9. The topological polar surface area (TPSA) is 327 Å². The van der Waals surface area contributed by atoms with Crippen LogP contribution < -0.4 is 31.9 Å². The summed E-state index contributed by atoms with van der Waals surface area (Å²) in [7, 11) is -1.86. The molecule has 0 aliphatic heterocycles. The van der Waals surface area contributed by atoms with Crippen LogP contribution in [0.25, 0.3) is 0 Å². The van der Waals surface area contributed by atoms with Crippen LogP contribution >= 0.6 is 0 Å². The lowest BCUT2D eigenvalue weighted by molar-refractivity contribution is -0.142. The molecule has 0 saturated carbocycles. The summed E-state index contributed by atoms with van der Waals surface area (Å²) >= 11 is 0.